The summed E-state index contributed by atoms with van der Waals surface area (Å²) in [7, 11) is 0. The Balaban J connectivity index is 2.41. The number of anilines is 2. The normalized spacial score (nSPS) is 9.65. The Labute approximate surface area is 116 Å². The summed E-state index contributed by atoms with van der Waals surface area (Å²) in [6.45, 7) is 2.62. The fourth-order valence-corrected chi connectivity index (χ4v) is 1.51. The van der Waals surface area contributed by atoms with Gasteiger partial charge in [0.05, 0.1) is 11.4 Å². The van der Waals surface area contributed by atoms with Gasteiger partial charge in [-0.2, -0.15) is 0 Å². The average Bonchev–Trinajstić information content (AvgIpc) is 2.41. The highest BCUT2D eigenvalue weighted by Crippen LogP contribution is 2.19. The number of nitrogens with one attached hydrogen (secondary N) is 3. The number of benzene rings is 1. The van der Waals surface area contributed by atoms with Gasteiger partial charge in [-0.1, -0.05) is 6.07 Å². The van der Waals surface area contributed by atoms with E-state index in [4.69, 9.17) is 5.73 Å². The molecule has 0 aliphatic heterocycles. The molecule has 3 amide bonds. The Morgan fingerprint density at radius 1 is 1.25 bits per heavy atom. The zero-order valence-corrected chi connectivity index (χ0v) is 11.2. The molecule has 0 aliphatic carbocycles. The highest BCUT2D eigenvalue weighted by atomic mass is 16.2. The third-order valence-corrected chi connectivity index (χ3v) is 2.53. The molecule has 0 saturated heterocycles. The molecule has 0 saturated carbocycles. The van der Waals surface area contributed by atoms with Crippen LogP contribution in [-0.4, -0.2) is 31.3 Å². The highest BCUT2D eigenvalue weighted by Gasteiger charge is 2.14. The van der Waals surface area contributed by atoms with Crippen LogP contribution in [0.4, 0.5) is 11.4 Å². The van der Waals surface area contributed by atoms with Crippen LogP contribution >= 0.6 is 0 Å². The smallest absolute Gasteiger partial charge is 0.313 e. The fourth-order valence-electron chi connectivity index (χ4n) is 1.51. The van der Waals surface area contributed by atoms with Gasteiger partial charge in [-0.25, -0.2) is 0 Å². The summed E-state index contributed by atoms with van der Waals surface area (Å²) in [6.07, 6.45) is 1.12. The molecule has 1 aromatic rings. The van der Waals surface area contributed by atoms with Crippen LogP contribution in [0.1, 0.15) is 12.0 Å². The molecule has 7 nitrogen and oxygen atoms in total. The number of nitrogens with two attached hydrogens (primary N) is 1. The number of amides is 3. The SMILES string of the molecule is Cc1ccc(NC(=O)C(=O)NCCCNC=O)c(N)c1. The van der Waals surface area contributed by atoms with Gasteiger partial charge >= 0.3 is 11.8 Å². The average molecular weight is 278 g/mol. The van der Waals surface area contributed by atoms with Crippen LogP contribution in [-0.2, 0) is 14.4 Å². The fraction of sp³-hybridized carbons (Fsp3) is 0.308. The van der Waals surface area contributed by atoms with Crippen molar-refractivity contribution in [3.8, 4) is 0 Å². The van der Waals surface area contributed by atoms with Gasteiger partial charge in [0.25, 0.3) is 0 Å². The van der Waals surface area contributed by atoms with E-state index in [0.717, 1.165) is 5.56 Å². The van der Waals surface area contributed by atoms with E-state index >= 15 is 0 Å². The van der Waals surface area contributed by atoms with Crippen LogP contribution in [0.5, 0.6) is 0 Å². The minimum absolute atomic E-state index is 0.302. The number of nitrogen functional groups attached to an aromatic ring is 1. The van der Waals surface area contributed by atoms with E-state index in [1.165, 1.54) is 0 Å². The van der Waals surface area contributed by atoms with Crippen LogP contribution in [0, 0.1) is 6.92 Å². The van der Waals surface area contributed by atoms with E-state index in [-0.39, 0.29) is 0 Å². The molecule has 108 valence electrons. The van der Waals surface area contributed by atoms with Crippen molar-refractivity contribution >= 4 is 29.6 Å². The molecular formula is C13H18N4O3. The Morgan fingerprint density at radius 3 is 2.65 bits per heavy atom. The lowest BCUT2D eigenvalue weighted by Crippen LogP contribution is -2.36. The third-order valence-electron chi connectivity index (χ3n) is 2.53. The Kier molecular flexibility index (Phi) is 6.02. The van der Waals surface area contributed by atoms with Crippen molar-refractivity contribution in [2.45, 2.75) is 13.3 Å². The van der Waals surface area contributed by atoms with Crippen molar-refractivity contribution in [3.63, 3.8) is 0 Å². The van der Waals surface area contributed by atoms with Crippen molar-refractivity contribution in [1.29, 1.82) is 0 Å². The Morgan fingerprint density at radius 2 is 2.00 bits per heavy atom. The molecule has 20 heavy (non-hydrogen) atoms. The topological polar surface area (TPSA) is 113 Å². The van der Waals surface area contributed by atoms with Crippen molar-refractivity contribution in [2.24, 2.45) is 0 Å². The summed E-state index contributed by atoms with van der Waals surface area (Å²) >= 11 is 0. The van der Waals surface area contributed by atoms with Gasteiger partial charge < -0.3 is 21.7 Å². The zero-order chi connectivity index (χ0) is 15.0. The predicted molar refractivity (Wildman–Crippen MR) is 75.9 cm³/mol. The molecule has 0 spiro atoms. The van der Waals surface area contributed by atoms with Crippen molar-refractivity contribution in [1.82, 2.24) is 10.6 Å². The van der Waals surface area contributed by atoms with Gasteiger partial charge in [0.1, 0.15) is 0 Å². The van der Waals surface area contributed by atoms with Gasteiger partial charge in [0.15, 0.2) is 0 Å². The first-order valence-corrected chi connectivity index (χ1v) is 6.17. The lowest BCUT2D eigenvalue weighted by atomic mass is 10.2. The van der Waals surface area contributed by atoms with Crippen molar-refractivity contribution in [2.75, 3.05) is 24.1 Å². The molecule has 0 radical (unpaired) electrons. The molecule has 0 heterocycles. The molecule has 5 N–H and O–H groups in total. The quantitative estimate of drug-likeness (QED) is 0.249. The van der Waals surface area contributed by atoms with E-state index < -0.39 is 11.8 Å². The van der Waals surface area contributed by atoms with Gasteiger partial charge in [-0.3, -0.25) is 14.4 Å². The second kappa shape index (κ2) is 7.78. The minimum atomic E-state index is -0.774. The van der Waals surface area contributed by atoms with E-state index in [2.05, 4.69) is 16.0 Å². The zero-order valence-electron chi connectivity index (χ0n) is 11.2. The summed E-state index contributed by atoms with van der Waals surface area (Å²) in [4.78, 5) is 33.1. The molecule has 1 aromatic carbocycles. The standard InChI is InChI=1S/C13H18N4O3/c1-9-3-4-11(10(14)7-9)17-13(20)12(19)16-6-2-5-15-8-18/h3-4,7-8H,2,5-6,14H2,1H3,(H,15,18)(H,16,19)(H,17,20). The molecular weight excluding hydrogens is 260 g/mol. The Hall–Kier alpha value is -2.57. The lowest BCUT2D eigenvalue weighted by molar-refractivity contribution is -0.136. The molecule has 7 heteroatoms. The monoisotopic (exact) mass is 278 g/mol. The lowest BCUT2D eigenvalue weighted by Gasteiger charge is -2.09. The first-order chi connectivity index (χ1) is 9.54. The van der Waals surface area contributed by atoms with Crippen LogP contribution in [0.2, 0.25) is 0 Å². The molecule has 0 atom stereocenters. The highest BCUT2D eigenvalue weighted by molar-refractivity contribution is 6.39. The third kappa shape index (κ3) is 4.97. The summed E-state index contributed by atoms with van der Waals surface area (Å²) in [6, 6.07) is 5.14. The minimum Gasteiger partial charge on any atom is -0.397 e. The predicted octanol–water partition coefficient (Wildman–Crippen LogP) is -0.232. The van der Waals surface area contributed by atoms with E-state index in [0.29, 0.717) is 37.3 Å². The molecule has 0 aliphatic rings. The van der Waals surface area contributed by atoms with Crippen molar-refractivity contribution in [3.05, 3.63) is 23.8 Å². The number of hydrogen-bond acceptors (Lipinski definition) is 4. The summed E-state index contributed by atoms with van der Waals surface area (Å²) in [5, 5.41) is 7.34. The summed E-state index contributed by atoms with van der Waals surface area (Å²) < 4.78 is 0. The first kappa shape index (κ1) is 15.5. The second-order valence-electron chi connectivity index (χ2n) is 4.23. The Bertz CT molecular complexity index is 502. The maximum atomic E-state index is 11.6. The largest absolute Gasteiger partial charge is 0.397 e. The van der Waals surface area contributed by atoms with Crippen LogP contribution in [0.3, 0.4) is 0 Å². The second-order valence-corrected chi connectivity index (χ2v) is 4.23. The molecule has 1 rings (SSSR count). The molecule has 0 unspecified atom stereocenters. The van der Waals surface area contributed by atoms with Gasteiger partial charge in [0.2, 0.25) is 6.41 Å². The molecule has 0 bridgehead atoms. The summed E-state index contributed by atoms with van der Waals surface area (Å²) in [5.74, 6) is -1.51. The molecule has 0 aromatic heterocycles. The number of rotatable bonds is 6. The van der Waals surface area contributed by atoms with Crippen LogP contribution in [0.25, 0.3) is 0 Å². The molecule has 0 fully saturated rings. The van der Waals surface area contributed by atoms with Gasteiger partial charge in [-0.15, -0.1) is 0 Å². The van der Waals surface area contributed by atoms with Gasteiger partial charge in [0, 0.05) is 13.1 Å². The summed E-state index contributed by atoms with van der Waals surface area (Å²) in [5.41, 5.74) is 7.51. The van der Waals surface area contributed by atoms with E-state index in [1.807, 2.05) is 6.92 Å². The number of carbonyl (C=O) groups is 3. The van der Waals surface area contributed by atoms with E-state index in [1.54, 1.807) is 18.2 Å². The first-order valence-electron chi connectivity index (χ1n) is 6.17. The van der Waals surface area contributed by atoms with Crippen LogP contribution in [0.15, 0.2) is 18.2 Å². The number of aryl methyl sites for hydroxylation is 1. The van der Waals surface area contributed by atoms with E-state index in [9.17, 15) is 14.4 Å². The van der Waals surface area contributed by atoms with Crippen molar-refractivity contribution < 1.29 is 14.4 Å². The maximum absolute atomic E-state index is 11.6. The number of hydrogen-bond donors (Lipinski definition) is 4. The van der Waals surface area contributed by atoms with Gasteiger partial charge in [-0.05, 0) is 31.0 Å². The van der Waals surface area contributed by atoms with Crippen LogP contribution < -0.4 is 21.7 Å². The maximum Gasteiger partial charge on any atom is 0.313 e. The number of carbonyl (C=O) groups excluding carboxylic acids is 3.